The number of hydrogen-bond donors (Lipinski definition) is 1. The molecule has 0 aliphatic heterocycles. The number of rotatable bonds is 1. The molecule has 0 radical (unpaired) electrons. The molecule has 1 aromatic heterocycles. The maximum atomic E-state index is 10.7. The molecule has 0 atom stereocenters. The van der Waals surface area contributed by atoms with Gasteiger partial charge in [-0.3, -0.25) is 0 Å². The second-order valence-electron chi connectivity index (χ2n) is 3.55. The zero-order valence-electron chi connectivity index (χ0n) is 9.95. The molecule has 104 valence electrons. The summed E-state index contributed by atoms with van der Waals surface area (Å²) >= 11 is 1.61. The van der Waals surface area contributed by atoms with Gasteiger partial charge in [0, 0.05) is 13.0 Å². The van der Waals surface area contributed by atoms with Gasteiger partial charge in [0.2, 0.25) is 10.5 Å². The molecule has 1 aromatic carbocycles. The molecule has 0 bridgehead atoms. The fourth-order valence-corrected chi connectivity index (χ4v) is 2.45. The first-order valence-corrected chi connectivity index (χ1v) is 6.89. The predicted molar refractivity (Wildman–Crippen MR) is 54.7 cm³/mol. The molecular weight excluding hydrogens is 298 g/mol. The zero-order chi connectivity index (χ0) is 14.8. The van der Waals surface area contributed by atoms with E-state index >= 15 is 0 Å². The Bertz CT molecular complexity index is 600. The number of carboxylic acids is 1. The zero-order valence-corrected chi connectivity index (χ0v) is 11.5. The quantitative estimate of drug-likeness (QED) is 0.557. The smallest absolute Gasteiger partial charge is 0.335 e. The monoisotopic (exact) mass is 307 g/mol. The van der Waals surface area contributed by atoms with E-state index in [2.05, 4.69) is 4.57 Å². The van der Waals surface area contributed by atoms with Gasteiger partial charge in [-0.15, -0.1) is 10.2 Å². The maximum absolute atomic E-state index is 10.7. The molecule has 0 saturated heterocycles. The first-order chi connectivity index (χ1) is 8.59. The van der Waals surface area contributed by atoms with E-state index in [0.717, 1.165) is 10.2 Å². The van der Waals surface area contributed by atoms with Gasteiger partial charge >= 0.3 is 5.97 Å². The molecule has 0 saturated carbocycles. The van der Waals surface area contributed by atoms with E-state index in [1.165, 1.54) is 5.01 Å². The molecule has 0 aliphatic carbocycles. The summed E-state index contributed by atoms with van der Waals surface area (Å²) in [6.45, 7) is 2.02. The summed E-state index contributed by atoms with van der Waals surface area (Å²) in [6.07, 6.45) is 0. The highest BCUT2D eigenvalue weighted by Crippen LogP contribution is 2.20. The molecule has 0 amide bonds. The molecule has 0 spiro atoms. The Morgan fingerprint density at radius 3 is 2.32 bits per heavy atom. The Hall–Kier alpha value is -1.29. The molecule has 7 nitrogen and oxygen atoms in total. The largest absolute Gasteiger partial charge is 0.478 e. The predicted octanol–water partition coefficient (Wildman–Crippen LogP) is -3.02. The molecule has 2 rings (SSSR count). The van der Waals surface area contributed by atoms with Crippen molar-refractivity contribution in [2.75, 3.05) is 0 Å². The van der Waals surface area contributed by atoms with Crippen LogP contribution in [0.1, 0.15) is 15.4 Å². The molecule has 0 aliphatic rings. The van der Waals surface area contributed by atoms with E-state index in [1.54, 1.807) is 23.5 Å². The number of nitrogens with zero attached hydrogens (tertiary/aromatic N) is 1. The standard InChI is InChI=1S/C10H9NO2S.ClHO4/c1-6-11(2)8-4-3-7(10(12)13)5-9(8)14-6;2-1(3,4)5/h3-5H,1-2H3;(H,2,3,4,5). The van der Waals surface area contributed by atoms with Gasteiger partial charge in [-0.2, -0.15) is 4.57 Å². The van der Waals surface area contributed by atoms with Gasteiger partial charge in [0.1, 0.15) is 11.7 Å². The van der Waals surface area contributed by atoms with Crippen molar-refractivity contribution in [3.63, 3.8) is 0 Å². The molecule has 1 N–H and O–H groups in total. The highest BCUT2D eigenvalue weighted by atomic mass is 35.7. The molecule has 1 heterocycles. The minimum Gasteiger partial charge on any atom is -0.478 e. The third-order valence-electron chi connectivity index (χ3n) is 2.30. The fraction of sp³-hybridized carbons (Fsp3) is 0.200. The van der Waals surface area contributed by atoms with Crippen molar-refractivity contribution in [3.05, 3.63) is 28.8 Å². The van der Waals surface area contributed by atoms with Gasteiger partial charge in [-0.05, 0) is 12.1 Å². The van der Waals surface area contributed by atoms with Crippen LogP contribution in [0.2, 0.25) is 0 Å². The van der Waals surface area contributed by atoms with Gasteiger partial charge in [-0.25, -0.2) is 23.4 Å². The average molecular weight is 308 g/mol. The number of aromatic nitrogens is 1. The van der Waals surface area contributed by atoms with Crippen LogP contribution in [0.4, 0.5) is 0 Å². The van der Waals surface area contributed by atoms with Crippen molar-refractivity contribution >= 4 is 27.5 Å². The van der Waals surface area contributed by atoms with Crippen molar-refractivity contribution in [1.82, 2.24) is 0 Å². The number of aromatic carboxylic acids is 1. The van der Waals surface area contributed by atoms with Gasteiger partial charge < -0.3 is 5.11 Å². The average Bonchev–Trinajstić information content (AvgIpc) is 2.52. The van der Waals surface area contributed by atoms with Gasteiger partial charge in [0.15, 0.2) is 0 Å². The van der Waals surface area contributed by atoms with E-state index in [9.17, 15) is 4.79 Å². The number of aryl methyl sites for hydroxylation is 2. The summed E-state index contributed by atoms with van der Waals surface area (Å²) in [5.41, 5.74) is 1.43. The number of halogens is 1. The highest BCUT2D eigenvalue weighted by Gasteiger charge is 2.14. The summed E-state index contributed by atoms with van der Waals surface area (Å²) in [7, 11) is -2.96. The van der Waals surface area contributed by atoms with Crippen molar-refractivity contribution in [1.29, 1.82) is 0 Å². The SMILES string of the molecule is Cc1sc2cc(C(=O)O)ccc2[n+]1C.[O-][Cl+3]([O-])([O-])[O-]. The fourth-order valence-electron chi connectivity index (χ4n) is 1.40. The van der Waals surface area contributed by atoms with Crippen LogP contribution in [0.15, 0.2) is 18.2 Å². The van der Waals surface area contributed by atoms with Crippen molar-refractivity contribution in [3.8, 4) is 0 Å². The van der Waals surface area contributed by atoms with Crippen LogP contribution >= 0.6 is 11.3 Å². The lowest BCUT2D eigenvalue weighted by Crippen LogP contribution is -2.68. The molecule has 2 aromatic rings. The number of carboxylic acid groups (broad SMARTS) is 1. The van der Waals surface area contributed by atoms with Crippen LogP contribution in [0.3, 0.4) is 0 Å². The topological polar surface area (TPSA) is 133 Å². The van der Waals surface area contributed by atoms with Crippen molar-refractivity contribution in [2.24, 2.45) is 7.05 Å². The van der Waals surface area contributed by atoms with Crippen LogP contribution in [-0.2, 0) is 7.05 Å². The van der Waals surface area contributed by atoms with Crippen molar-refractivity contribution < 1.29 is 43.3 Å². The molecule has 9 heteroatoms. The Morgan fingerprint density at radius 1 is 1.32 bits per heavy atom. The van der Waals surface area contributed by atoms with Crippen LogP contribution in [0.5, 0.6) is 0 Å². The van der Waals surface area contributed by atoms with Crippen LogP contribution < -0.4 is 23.2 Å². The molecule has 19 heavy (non-hydrogen) atoms. The third kappa shape index (κ3) is 4.71. The Labute approximate surface area is 114 Å². The van der Waals surface area contributed by atoms with Crippen LogP contribution in [0.25, 0.3) is 10.2 Å². The molecule has 0 fully saturated rings. The number of fused-ring (bicyclic) bond motifs is 1. The lowest BCUT2D eigenvalue weighted by atomic mass is 10.2. The number of hydrogen-bond acceptors (Lipinski definition) is 6. The Balaban J connectivity index is 0.000000312. The van der Waals surface area contributed by atoms with E-state index in [0.29, 0.717) is 5.56 Å². The van der Waals surface area contributed by atoms with E-state index in [-0.39, 0.29) is 0 Å². The number of carbonyl (C=O) groups is 1. The van der Waals surface area contributed by atoms with Crippen molar-refractivity contribution in [2.45, 2.75) is 6.92 Å². The summed E-state index contributed by atoms with van der Waals surface area (Å²) in [5.74, 6) is -0.874. The summed E-state index contributed by atoms with van der Waals surface area (Å²) in [6, 6.07) is 5.20. The summed E-state index contributed by atoms with van der Waals surface area (Å²) in [5, 5.41) is 9.99. The second kappa shape index (κ2) is 5.78. The minimum atomic E-state index is -4.94. The lowest BCUT2D eigenvalue weighted by molar-refractivity contribution is -2.00. The van der Waals surface area contributed by atoms with E-state index in [1.807, 2.05) is 20.0 Å². The molecule has 0 unspecified atom stereocenters. The Morgan fingerprint density at radius 2 is 1.84 bits per heavy atom. The van der Waals surface area contributed by atoms with E-state index < -0.39 is 16.2 Å². The third-order valence-corrected chi connectivity index (χ3v) is 3.41. The second-order valence-corrected chi connectivity index (χ2v) is 5.54. The minimum absolute atomic E-state index is 0.347. The number of benzene rings is 1. The van der Waals surface area contributed by atoms with Gasteiger partial charge in [0.05, 0.1) is 5.56 Å². The highest BCUT2D eigenvalue weighted by molar-refractivity contribution is 7.18. The van der Waals surface area contributed by atoms with Crippen LogP contribution in [0, 0.1) is 17.2 Å². The lowest BCUT2D eigenvalue weighted by Gasteiger charge is -2.17. The number of thiazole rings is 1. The summed E-state index contributed by atoms with van der Waals surface area (Å²) < 4.78 is 37.1. The first-order valence-electron chi connectivity index (χ1n) is 4.84. The van der Waals surface area contributed by atoms with Gasteiger partial charge in [0.25, 0.3) is 0 Å². The van der Waals surface area contributed by atoms with Crippen LogP contribution in [-0.4, -0.2) is 11.1 Å². The first kappa shape index (κ1) is 15.8. The van der Waals surface area contributed by atoms with E-state index in [4.69, 9.17) is 23.7 Å². The maximum Gasteiger partial charge on any atom is 0.335 e. The normalized spacial score (nSPS) is 11.1. The molecular formula is C10H10ClNO6S. The van der Waals surface area contributed by atoms with Gasteiger partial charge in [-0.1, -0.05) is 11.3 Å². The Kier molecular flexibility index (Phi) is 4.80. The summed E-state index contributed by atoms with van der Waals surface area (Å²) in [4.78, 5) is 10.7.